The maximum absolute atomic E-state index is 14.0. The number of hydrogen-bond donors (Lipinski definition) is 1. The first-order valence-electron chi connectivity index (χ1n) is 11.6. The summed E-state index contributed by atoms with van der Waals surface area (Å²) < 4.78 is 6.87. The van der Waals surface area contributed by atoms with E-state index < -0.39 is 8.32 Å². The molecule has 172 valence electrons. The Labute approximate surface area is 197 Å². The van der Waals surface area contributed by atoms with E-state index >= 15 is 0 Å². The van der Waals surface area contributed by atoms with Crippen molar-refractivity contribution in [2.45, 2.75) is 64.0 Å². The van der Waals surface area contributed by atoms with Gasteiger partial charge in [-0.15, -0.1) is 0 Å². The van der Waals surface area contributed by atoms with Crippen LogP contribution in [-0.4, -0.2) is 42.5 Å². The van der Waals surface area contributed by atoms with Crippen molar-refractivity contribution in [3.63, 3.8) is 0 Å². The van der Waals surface area contributed by atoms with Gasteiger partial charge in [0.05, 0.1) is 11.6 Å². The van der Waals surface area contributed by atoms with Crippen LogP contribution in [0.2, 0.25) is 18.1 Å². The standard InChI is InChI=1S/C27H32N2O3Si/c1-27(2,3)33(4,5)32-22-15-23-25(30)24(21-9-7-6-8-10-21)26(31)29(23,18-22)17-20-13-11-19(16-28)12-14-20/h6-14,22-23H,15,17-18H2,1-5H3/p+1/t22-,23-,29?/m1/s1. The molecule has 33 heavy (non-hydrogen) atoms. The van der Waals surface area contributed by atoms with Crippen LogP contribution < -0.4 is 0 Å². The largest absolute Gasteiger partial charge is 0.506 e. The number of rotatable bonds is 5. The van der Waals surface area contributed by atoms with Gasteiger partial charge in [0.2, 0.25) is 0 Å². The van der Waals surface area contributed by atoms with Crippen molar-refractivity contribution in [3.8, 4) is 6.07 Å². The molecule has 2 aliphatic rings. The van der Waals surface area contributed by atoms with E-state index in [1.165, 1.54) is 0 Å². The molecule has 4 rings (SSSR count). The Morgan fingerprint density at radius 1 is 1.12 bits per heavy atom. The van der Waals surface area contributed by atoms with E-state index in [0.717, 1.165) is 11.1 Å². The SMILES string of the molecule is CC(C)(C)[Si](C)(C)O[C@@H]1C[C@@H]2C(O)=C(c3ccccc3)C(=O)[N+]2(Cc2ccc(C#N)cc2)C1. The number of nitriles is 1. The quantitative estimate of drug-likeness (QED) is 0.468. The summed E-state index contributed by atoms with van der Waals surface area (Å²) >= 11 is 0. The van der Waals surface area contributed by atoms with Gasteiger partial charge in [0, 0.05) is 12.0 Å². The number of amides is 1. The van der Waals surface area contributed by atoms with E-state index in [2.05, 4.69) is 39.9 Å². The number of carbonyl (C=O) groups is 1. The molecule has 0 bridgehead atoms. The van der Waals surface area contributed by atoms with Gasteiger partial charge in [0.25, 0.3) is 0 Å². The van der Waals surface area contributed by atoms with Crippen LogP contribution in [0.1, 0.15) is 43.9 Å². The van der Waals surface area contributed by atoms with E-state index in [1.54, 1.807) is 12.1 Å². The molecule has 2 aliphatic heterocycles. The fraction of sp³-hybridized carbons (Fsp3) is 0.407. The minimum absolute atomic E-state index is 0.0469. The Kier molecular flexibility index (Phi) is 5.86. The van der Waals surface area contributed by atoms with Gasteiger partial charge in [-0.2, -0.15) is 5.26 Å². The average molecular weight is 462 g/mol. The molecule has 2 aromatic carbocycles. The molecule has 6 heteroatoms. The molecule has 5 nitrogen and oxygen atoms in total. The monoisotopic (exact) mass is 461 g/mol. The lowest BCUT2D eigenvalue weighted by Gasteiger charge is -2.38. The van der Waals surface area contributed by atoms with Gasteiger partial charge in [-0.3, -0.25) is 0 Å². The predicted molar refractivity (Wildman–Crippen MR) is 131 cm³/mol. The van der Waals surface area contributed by atoms with Crippen molar-refractivity contribution in [1.29, 1.82) is 5.26 Å². The summed E-state index contributed by atoms with van der Waals surface area (Å²) in [6, 6.07) is 18.7. The Morgan fingerprint density at radius 2 is 1.76 bits per heavy atom. The minimum Gasteiger partial charge on any atom is -0.506 e. The van der Waals surface area contributed by atoms with Gasteiger partial charge in [-0.25, -0.2) is 9.28 Å². The molecule has 1 fully saturated rings. The van der Waals surface area contributed by atoms with Crippen molar-refractivity contribution in [3.05, 3.63) is 77.0 Å². The molecule has 1 N–H and O–H groups in total. The first-order chi connectivity index (χ1) is 15.5. The van der Waals surface area contributed by atoms with Crippen molar-refractivity contribution < 1.29 is 18.8 Å². The van der Waals surface area contributed by atoms with Crippen molar-refractivity contribution in [2.75, 3.05) is 6.54 Å². The molecular weight excluding hydrogens is 428 g/mol. The topological polar surface area (TPSA) is 70.3 Å². The number of aliphatic hydroxyl groups is 1. The lowest BCUT2D eigenvalue weighted by Crippen LogP contribution is -2.53. The summed E-state index contributed by atoms with van der Waals surface area (Å²) in [5, 5.41) is 20.6. The molecule has 0 radical (unpaired) electrons. The Bertz CT molecular complexity index is 1130. The molecule has 3 atom stereocenters. The fourth-order valence-corrected chi connectivity index (χ4v) is 6.25. The number of nitrogens with zero attached hydrogens (tertiary/aromatic N) is 2. The van der Waals surface area contributed by atoms with Crippen LogP contribution in [0.4, 0.5) is 0 Å². The Morgan fingerprint density at radius 3 is 2.33 bits per heavy atom. The molecule has 0 aliphatic carbocycles. The second kappa shape index (κ2) is 8.25. The van der Waals surface area contributed by atoms with Crippen LogP contribution in [0.5, 0.6) is 0 Å². The first kappa shape index (κ1) is 23.4. The lowest BCUT2D eigenvalue weighted by atomic mass is 10.0. The zero-order valence-corrected chi connectivity index (χ0v) is 21.1. The number of benzene rings is 2. The van der Waals surface area contributed by atoms with Gasteiger partial charge < -0.3 is 9.53 Å². The molecule has 2 heterocycles. The molecule has 2 aromatic rings. The third kappa shape index (κ3) is 4.06. The van der Waals surface area contributed by atoms with Crippen LogP contribution in [0.25, 0.3) is 5.57 Å². The highest BCUT2D eigenvalue weighted by atomic mass is 28.4. The maximum Gasteiger partial charge on any atom is 0.351 e. The molecular formula is C27H33N2O3Si+. The van der Waals surface area contributed by atoms with E-state index in [1.807, 2.05) is 42.5 Å². The summed E-state index contributed by atoms with van der Waals surface area (Å²) in [4.78, 5) is 14.0. The number of carbonyl (C=O) groups excluding carboxylic acids is 1. The molecule has 0 aromatic heterocycles. The van der Waals surface area contributed by atoms with Gasteiger partial charge in [0.1, 0.15) is 24.8 Å². The van der Waals surface area contributed by atoms with Crippen LogP contribution in [0, 0.1) is 11.3 Å². The maximum atomic E-state index is 14.0. The smallest absolute Gasteiger partial charge is 0.351 e. The predicted octanol–water partition coefficient (Wildman–Crippen LogP) is 5.55. The summed E-state index contributed by atoms with van der Waals surface area (Å²) in [6.45, 7) is 12.1. The zero-order valence-electron chi connectivity index (χ0n) is 20.1. The van der Waals surface area contributed by atoms with E-state index in [9.17, 15) is 9.90 Å². The third-order valence-corrected chi connectivity index (χ3v) is 12.2. The van der Waals surface area contributed by atoms with Gasteiger partial charge in [0.15, 0.2) is 20.1 Å². The normalized spacial score (nSPS) is 25.3. The van der Waals surface area contributed by atoms with Gasteiger partial charge in [-0.05, 0) is 35.8 Å². The van der Waals surface area contributed by atoms with Gasteiger partial charge in [-0.1, -0.05) is 63.2 Å². The zero-order chi connectivity index (χ0) is 24.0. The molecule has 1 amide bonds. The molecule has 0 saturated carbocycles. The van der Waals surface area contributed by atoms with Crippen LogP contribution in [0.3, 0.4) is 0 Å². The van der Waals surface area contributed by atoms with E-state index in [-0.39, 0.29) is 33.3 Å². The summed E-state index contributed by atoms with van der Waals surface area (Å²) in [5.74, 6) is 0.135. The molecule has 1 unspecified atom stereocenters. The second-order valence-electron chi connectivity index (χ2n) is 10.9. The Hall–Kier alpha value is -2.72. The van der Waals surface area contributed by atoms with Crippen LogP contribution >= 0.6 is 0 Å². The highest BCUT2D eigenvalue weighted by molar-refractivity contribution is 6.74. The number of fused-ring (bicyclic) bond motifs is 1. The lowest BCUT2D eigenvalue weighted by molar-refractivity contribution is -0.870. The van der Waals surface area contributed by atoms with Crippen LogP contribution in [-0.2, 0) is 15.8 Å². The number of quaternary nitrogens is 1. The second-order valence-corrected chi connectivity index (χ2v) is 15.6. The molecule has 1 saturated heterocycles. The number of aliphatic hydroxyl groups excluding tert-OH is 1. The highest BCUT2D eigenvalue weighted by Gasteiger charge is 2.62. The summed E-state index contributed by atoms with van der Waals surface area (Å²) in [5.41, 5.74) is 2.76. The van der Waals surface area contributed by atoms with E-state index in [4.69, 9.17) is 9.69 Å². The van der Waals surface area contributed by atoms with Crippen LogP contribution in [0.15, 0.2) is 60.4 Å². The highest BCUT2D eigenvalue weighted by Crippen LogP contribution is 2.47. The van der Waals surface area contributed by atoms with Crippen molar-refractivity contribution in [2.24, 2.45) is 0 Å². The van der Waals surface area contributed by atoms with Crippen molar-refractivity contribution >= 4 is 19.8 Å². The van der Waals surface area contributed by atoms with E-state index in [0.29, 0.717) is 30.6 Å². The summed E-state index contributed by atoms with van der Waals surface area (Å²) in [7, 11) is -2.04. The minimum atomic E-state index is -2.04. The van der Waals surface area contributed by atoms with Gasteiger partial charge >= 0.3 is 5.91 Å². The Balaban J connectivity index is 1.72. The summed E-state index contributed by atoms with van der Waals surface area (Å²) in [6.07, 6.45) is 0.536. The fourth-order valence-electron chi connectivity index (χ4n) is 4.90. The number of hydrogen-bond acceptors (Lipinski definition) is 4. The molecule has 0 spiro atoms. The third-order valence-electron chi connectivity index (χ3n) is 7.68. The van der Waals surface area contributed by atoms with Crippen molar-refractivity contribution in [1.82, 2.24) is 0 Å². The average Bonchev–Trinajstić information content (AvgIpc) is 3.20. The first-order valence-corrected chi connectivity index (χ1v) is 14.5.